The van der Waals surface area contributed by atoms with Gasteiger partial charge in [-0.2, -0.15) is 0 Å². The summed E-state index contributed by atoms with van der Waals surface area (Å²) in [4.78, 5) is 11.7. The molecule has 0 aromatic heterocycles. The van der Waals surface area contributed by atoms with Gasteiger partial charge < -0.3 is 4.74 Å². The third-order valence-corrected chi connectivity index (χ3v) is 4.84. The molecule has 1 aliphatic rings. The molecule has 1 fully saturated rings. The molecule has 0 aliphatic carbocycles. The first kappa shape index (κ1) is 13.1. The van der Waals surface area contributed by atoms with Crippen LogP contribution >= 0.6 is 0 Å². The second kappa shape index (κ2) is 5.10. The number of carbonyl (C=O) groups is 1. The molecule has 1 aromatic carbocycles. The maximum absolute atomic E-state index is 11.7. The highest BCUT2D eigenvalue weighted by Crippen LogP contribution is 2.22. The van der Waals surface area contributed by atoms with Crippen molar-refractivity contribution in [3.05, 3.63) is 29.8 Å². The molecule has 0 radical (unpaired) electrons. The predicted octanol–water partition coefficient (Wildman–Crippen LogP) is 1.73. The van der Waals surface area contributed by atoms with E-state index >= 15 is 0 Å². The molecule has 1 atom stereocenters. The fraction of sp³-hybridized carbons (Fsp3) is 0.462. The van der Waals surface area contributed by atoms with Crippen LogP contribution in [0.5, 0.6) is 5.75 Å². The SMILES string of the molecule is Cc1cccc(OC(=O)CC2CCS(=O)(=O)C2)c1. The zero-order chi connectivity index (χ0) is 13.2. The number of ether oxygens (including phenoxy) is 1. The van der Waals surface area contributed by atoms with E-state index in [2.05, 4.69) is 0 Å². The van der Waals surface area contributed by atoms with Crippen molar-refractivity contribution in [1.82, 2.24) is 0 Å². The average molecular weight is 268 g/mol. The second-order valence-corrected chi connectivity index (χ2v) is 6.99. The van der Waals surface area contributed by atoms with Crippen molar-refractivity contribution in [3.8, 4) is 5.75 Å². The van der Waals surface area contributed by atoms with Crippen molar-refractivity contribution in [2.75, 3.05) is 11.5 Å². The van der Waals surface area contributed by atoms with E-state index in [1.807, 2.05) is 19.1 Å². The van der Waals surface area contributed by atoms with Gasteiger partial charge in [-0.1, -0.05) is 12.1 Å². The Balaban J connectivity index is 1.90. The van der Waals surface area contributed by atoms with Gasteiger partial charge in [-0.3, -0.25) is 4.79 Å². The number of carbonyl (C=O) groups excluding carboxylic acids is 1. The zero-order valence-electron chi connectivity index (χ0n) is 10.3. The van der Waals surface area contributed by atoms with E-state index < -0.39 is 9.84 Å². The highest BCUT2D eigenvalue weighted by molar-refractivity contribution is 7.91. The van der Waals surface area contributed by atoms with Crippen LogP contribution < -0.4 is 4.74 Å². The van der Waals surface area contributed by atoms with Crippen LogP contribution in [-0.4, -0.2) is 25.9 Å². The van der Waals surface area contributed by atoms with Crippen LogP contribution in [0, 0.1) is 12.8 Å². The highest BCUT2D eigenvalue weighted by Gasteiger charge is 2.29. The van der Waals surface area contributed by atoms with Gasteiger partial charge in [0.05, 0.1) is 11.5 Å². The number of hydrogen-bond acceptors (Lipinski definition) is 4. The van der Waals surface area contributed by atoms with Gasteiger partial charge in [0.25, 0.3) is 0 Å². The molecule has 1 heterocycles. The maximum Gasteiger partial charge on any atom is 0.311 e. The smallest absolute Gasteiger partial charge is 0.311 e. The Bertz CT molecular complexity index is 548. The van der Waals surface area contributed by atoms with Gasteiger partial charge in [-0.05, 0) is 37.0 Å². The Morgan fingerprint density at radius 1 is 1.44 bits per heavy atom. The fourth-order valence-corrected chi connectivity index (χ4v) is 3.98. The molecule has 18 heavy (non-hydrogen) atoms. The monoisotopic (exact) mass is 268 g/mol. The largest absolute Gasteiger partial charge is 0.427 e. The van der Waals surface area contributed by atoms with Crippen LogP contribution in [0.15, 0.2) is 24.3 Å². The summed E-state index contributed by atoms with van der Waals surface area (Å²) >= 11 is 0. The van der Waals surface area contributed by atoms with Crippen molar-refractivity contribution in [2.45, 2.75) is 19.8 Å². The number of aryl methyl sites for hydroxylation is 1. The van der Waals surface area contributed by atoms with E-state index in [-0.39, 0.29) is 29.8 Å². The normalized spacial score (nSPS) is 21.7. The van der Waals surface area contributed by atoms with E-state index in [0.29, 0.717) is 12.2 Å². The minimum atomic E-state index is -2.93. The van der Waals surface area contributed by atoms with E-state index in [0.717, 1.165) is 5.56 Å². The molecule has 1 aromatic rings. The van der Waals surface area contributed by atoms with E-state index in [9.17, 15) is 13.2 Å². The first-order valence-electron chi connectivity index (χ1n) is 5.92. The molecule has 2 rings (SSSR count). The van der Waals surface area contributed by atoms with Crippen molar-refractivity contribution in [1.29, 1.82) is 0 Å². The van der Waals surface area contributed by atoms with Crippen LogP contribution in [0.1, 0.15) is 18.4 Å². The minimum Gasteiger partial charge on any atom is -0.427 e. The standard InChI is InChI=1S/C13H16O4S/c1-10-3-2-4-12(7-10)17-13(14)8-11-5-6-18(15,16)9-11/h2-4,7,11H,5-6,8-9H2,1H3. The highest BCUT2D eigenvalue weighted by atomic mass is 32.2. The lowest BCUT2D eigenvalue weighted by Crippen LogP contribution is -2.15. The topological polar surface area (TPSA) is 60.4 Å². The Labute approximate surface area is 107 Å². The van der Waals surface area contributed by atoms with E-state index in [4.69, 9.17) is 4.74 Å². The number of sulfone groups is 1. The molecule has 98 valence electrons. The molecule has 0 bridgehead atoms. The van der Waals surface area contributed by atoms with Gasteiger partial charge in [0.2, 0.25) is 0 Å². The molecule has 0 amide bonds. The first-order valence-corrected chi connectivity index (χ1v) is 7.74. The molecule has 1 unspecified atom stereocenters. The predicted molar refractivity (Wildman–Crippen MR) is 68.2 cm³/mol. The van der Waals surface area contributed by atoms with Crippen molar-refractivity contribution in [2.24, 2.45) is 5.92 Å². The summed E-state index contributed by atoms with van der Waals surface area (Å²) in [6, 6.07) is 7.23. The summed E-state index contributed by atoms with van der Waals surface area (Å²) in [5.41, 5.74) is 1.02. The van der Waals surface area contributed by atoms with E-state index in [1.165, 1.54) is 0 Å². The zero-order valence-corrected chi connectivity index (χ0v) is 11.1. The summed E-state index contributed by atoms with van der Waals surface area (Å²) in [5.74, 6) is 0.363. The number of rotatable bonds is 3. The quantitative estimate of drug-likeness (QED) is 0.618. The van der Waals surface area contributed by atoms with Crippen LogP contribution in [0.3, 0.4) is 0 Å². The van der Waals surface area contributed by atoms with Gasteiger partial charge in [0, 0.05) is 6.42 Å². The van der Waals surface area contributed by atoms with Gasteiger partial charge in [0.15, 0.2) is 9.84 Å². The van der Waals surface area contributed by atoms with Crippen LogP contribution in [-0.2, 0) is 14.6 Å². The van der Waals surface area contributed by atoms with Gasteiger partial charge >= 0.3 is 5.97 Å². The number of benzene rings is 1. The van der Waals surface area contributed by atoms with Crippen molar-refractivity contribution in [3.63, 3.8) is 0 Å². The Morgan fingerprint density at radius 2 is 2.22 bits per heavy atom. The number of esters is 1. The molecule has 4 nitrogen and oxygen atoms in total. The molecular weight excluding hydrogens is 252 g/mol. The summed E-state index contributed by atoms with van der Waals surface area (Å²) in [6.07, 6.45) is 0.735. The molecule has 0 spiro atoms. The summed E-state index contributed by atoms with van der Waals surface area (Å²) in [6.45, 7) is 1.92. The lowest BCUT2D eigenvalue weighted by Gasteiger charge is -2.08. The Hall–Kier alpha value is -1.36. The lowest BCUT2D eigenvalue weighted by molar-refractivity contribution is -0.135. The Kier molecular flexibility index (Phi) is 3.71. The minimum absolute atomic E-state index is 0.0905. The average Bonchev–Trinajstić information content (AvgIpc) is 2.57. The molecule has 1 saturated heterocycles. The summed E-state index contributed by atoms with van der Waals surface area (Å²) in [7, 11) is -2.93. The fourth-order valence-electron chi connectivity index (χ4n) is 2.12. The van der Waals surface area contributed by atoms with Gasteiger partial charge in [-0.25, -0.2) is 8.42 Å². The molecule has 0 saturated carbocycles. The van der Waals surface area contributed by atoms with Crippen LogP contribution in [0.4, 0.5) is 0 Å². The molecule has 5 heteroatoms. The molecular formula is C13H16O4S. The second-order valence-electron chi connectivity index (χ2n) is 4.76. The lowest BCUT2D eigenvalue weighted by atomic mass is 10.1. The van der Waals surface area contributed by atoms with Gasteiger partial charge in [-0.15, -0.1) is 0 Å². The van der Waals surface area contributed by atoms with Crippen LogP contribution in [0.2, 0.25) is 0 Å². The maximum atomic E-state index is 11.7. The Morgan fingerprint density at radius 3 is 2.83 bits per heavy atom. The molecule has 0 N–H and O–H groups in total. The van der Waals surface area contributed by atoms with Crippen molar-refractivity contribution < 1.29 is 17.9 Å². The third-order valence-electron chi connectivity index (χ3n) is 3.00. The van der Waals surface area contributed by atoms with Crippen LogP contribution in [0.25, 0.3) is 0 Å². The summed E-state index contributed by atoms with van der Waals surface area (Å²) in [5, 5.41) is 0. The summed E-state index contributed by atoms with van der Waals surface area (Å²) < 4.78 is 27.7. The first-order chi connectivity index (χ1) is 8.44. The van der Waals surface area contributed by atoms with E-state index in [1.54, 1.807) is 12.1 Å². The number of hydrogen-bond donors (Lipinski definition) is 0. The third kappa shape index (κ3) is 3.57. The van der Waals surface area contributed by atoms with Gasteiger partial charge in [0.1, 0.15) is 5.75 Å². The molecule has 1 aliphatic heterocycles. The van der Waals surface area contributed by atoms with Crippen molar-refractivity contribution >= 4 is 15.8 Å².